The molecule has 0 radical (unpaired) electrons. The van der Waals surface area contributed by atoms with E-state index in [1.54, 1.807) is 0 Å². The van der Waals surface area contributed by atoms with Crippen molar-refractivity contribution in [3.63, 3.8) is 0 Å². The van der Waals surface area contributed by atoms with Gasteiger partial charge in [0.05, 0.1) is 6.61 Å². The molecule has 0 unspecified atom stereocenters. The van der Waals surface area contributed by atoms with Crippen molar-refractivity contribution in [2.24, 2.45) is 5.41 Å². The third-order valence-corrected chi connectivity index (χ3v) is 1.49. The molecule has 0 heterocycles. The summed E-state index contributed by atoms with van der Waals surface area (Å²) in [6, 6.07) is 0. The molecule has 0 saturated heterocycles. The molecule has 0 aliphatic rings. The number of rotatable bonds is 5. The first kappa shape index (κ1) is 13.2. The van der Waals surface area contributed by atoms with Gasteiger partial charge < -0.3 is 15.2 Å². The van der Waals surface area contributed by atoms with Crippen molar-refractivity contribution in [1.29, 1.82) is 0 Å². The summed E-state index contributed by atoms with van der Waals surface area (Å²) in [4.78, 5) is 11.1. The van der Waals surface area contributed by atoms with Gasteiger partial charge in [-0.15, -0.1) is 0 Å². The minimum Gasteiger partial charge on any atom is -0.449 e. The molecule has 4 nitrogen and oxygen atoms in total. The SMILES string of the molecule is CC(C)(C)COC(=O)NCCCCO. The molecule has 0 aromatic carbocycles. The lowest BCUT2D eigenvalue weighted by Crippen LogP contribution is -2.28. The lowest BCUT2D eigenvalue weighted by Gasteiger charge is -2.17. The summed E-state index contributed by atoms with van der Waals surface area (Å²) in [5.74, 6) is 0. The number of carbonyl (C=O) groups excluding carboxylic acids is 1. The summed E-state index contributed by atoms with van der Waals surface area (Å²) in [7, 11) is 0. The van der Waals surface area contributed by atoms with Gasteiger partial charge in [-0.25, -0.2) is 4.79 Å². The zero-order chi connectivity index (χ0) is 11.0. The molecule has 0 saturated carbocycles. The molecule has 0 spiro atoms. The molecule has 4 heteroatoms. The van der Waals surface area contributed by atoms with Gasteiger partial charge >= 0.3 is 6.09 Å². The largest absolute Gasteiger partial charge is 0.449 e. The average Bonchev–Trinajstić information content (AvgIpc) is 2.08. The lowest BCUT2D eigenvalue weighted by molar-refractivity contribution is 0.106. The number of nitrogens with one attached hydrogen (secondary N) is 1. The lowest BCUT2D eigenvalue weighted by atomic mass is 9.99. The zero-order valence-electron chi connectivity index (χ0n) is 9.30. The van der Waals surface area contributed by atoms with Crippen LogP contribution in [0, 0.1) is 5.41 Å². The Morgan fingerprint density at radius 1 is 1.36 bits per heavy atom. The Hall–Kier alpha value is -0.770. The molecule has 84 valence electrons. The number of aliphatic hydroxyl groups is 1. The van der Waals surface area contributed by atoms with Crippen LogP contribution in [-0.4, -0.2) is 31.0 Å². The molecule has 0 rings (SSSR count). The standard InChI is InChI=1S/C10H21NO3/c1-10(2,3)8-14-9(13)11-6-4-5-7-12/h12H,4-8H2,1-3H3,(H,11,13). The fourth-order valence-electron chi connectivity index (χ4n) is 0.760. The van der Waals surface area contributed by atoms with Crippen molar-refractivity contribution in [1.82, 2.24) is 5.32 Å². The summed E-state index contributed by atoms with van der Waals surface area (Å²) in [5.41, 5.74) is 0.00242. The van der Waals surface area contributed by atoms with E-state index in [-0.39, 0.29) is 18.1 Å². The highest BCUT2D eigenvalue weighted by atomic mass is 16.5. The molecule has 1 amide bonds. The number of amides is 1. The van der Waals surface area contributed by atoms with Crippen LogP contribution in [0.4, 0.5) is 4.79 Å². The van der Waals surface area contributed by atoms with Crippen LogP contribution >= 0.6 is 0 Å². The topological polar surface area (TPSA) is 58.6 Å². The van der Waals surface area contributed by atoms with Gasteiger partial charge in [0.15, 0.2) is 0 Å². The molecule has 0 aliphatic heterocycles. The number of aliphatic hydroxyl groups excluding tert-OH is 1. The third-order valence-electron chi connectivity index (χ3n) is 1.49. The van der Waals surface area contributed by atoms with Crippen LogP contribution in [0.2, 0.25) is 0 Å². The van der Waals surface area contributed by atoms with E-state index in [0.717, 1.165) is 6.42 Å². The van der Waals surface area contributed by atoms with E-state index in [1.807, 2.05) is 20.8 Å². The molecule has 2 N–H and O–H groups in total. The van der Waals surface area contributed by atoms with E-state index in [0.29, 0.717) is 19.6 Å². The predicted molar refractivity (Wildman–Crippen MR) is 55.1 cm³/mol. The van der Waals surface area contributed by atoms with Crippen LogP contribution in [-0.2, 0) is 4.74 Å². The summed E-state index contributed by atoms with van der Waals surface area (Å²) in [5, 5.41) is 11.1. The van der Waals surface area contributed by atoms with Gasteiger partial charge in [-0.3, -0.25) is 0 Å². The van der Waals surface area contributed by atoms with Crippen LogP contribution in [0.5, 0.6) is 0 Å². The summed E-state index contributed by atoms with van der Waals surface area (Å²) in [6.07, 6.45) is 1.11. The summed E-state index contributed by atoms with van der Waals surface area (Å²) < 4.78 is 4.97. The third kappa shape index (κ3) is 9.32. The first-order chi connectivity index (χ1) is 6.45. The van der Waals surface area contributed by atoms with Gasteiger partial charge in [0.2, 0.25) is 0 Å². The molecule has 0 fully saturated rings. The van der Waals surface area contributed by atoms with E-state index in [2.05, 4.69) is 5.32 Å². The maximum Gasteiger partial charge on any atom is 0.407 e. The Morgan fingerprint density at radius 3 is 2.50 bits per heavy atom. The van der Waals surface area contributed by atoms with E-state index in [1.165, 1.54) is 0 Å². The van der Waals surface area contributed by atoms with Gasteiger partial charge in [-0.05, 0) is 18.3 Å². The Kier molecular flexibility index (Phi) is 6.28. The van der Waals surface area contributed by atoms with Gasteiger partial charge in [0.1, 0.15) is 0 Å². The van der Waals surface area contributed by atoms with Crippen molar-refractivity contribution in [2.45, 2.75) is 33.6 Å². The van der Waals surface area contributed by atoms with Crippen LogP contribution in [0.3, 0.4) is 0 Å². The first-order valence-electron chi connectivity index (χ1n) is 4.97. The average molecular weight is 203 g/mol. The van der Waals surface area contributed by atoms with Crippen LogP contribution in [0.1, 0.15) is 33.6 Å². The molecule has 14 heavy (non-hydrogen) atoms. The fourth-order valence-corrected chi connectivity index (χ4v) is 0.760. The Labute approximate surface area is 85.6 Å². The number of hydrogen-bond acceptors (Lipinski definition) is 3. The van der Waals surface area contributed by atoms with E-state index >= 15 is 0 Å². The van der Waals surface area contributed by atoms with Gasteiger partial charge in [-0.1, -0.05) is 20.8 Å². The second-order valence-electron chi connectivity index (χ2n) is 4.49. The van der Waals surface area contributed by atoms with Crippen LogP contribution in [0.25, 0.3) is 0 Å². The molecule has 0 aromatic rings. The number of carbonyl (C=O) groups is 1. The molecular formula is C10H21NO3. The number of unbranched alkanes of at least 4 members (excludes halogenated alkanes) is 1. The van der Waals surface area contributed by atoms with Crippen molar-refractivity contribution in [2.75, 3.05) is 19.8 Å². The number of hydrogen-bond donors (Lipinski definition) is 2. The van der Waals surface area contributed by atoms with Crippen molar-refractivity contribution in [3.05, 3.63) is 0 Å². The van der Waals surface area contributed by atoms with Gasteiger partial charge in [0.25, 0.3) is 0 Å². The maximum absolute atomic E-state index is 11.1. The van der Waals surface area contributed by atoms with Gasteiger partial charge in [0, 0.05) is 13.2 Å². The summed E-state index contributed by atoms with van der Waals surface area (Å²) in [6.45, 7) is 7.16. The fraction of sp³-hybridized carbons (Fsp3) is 0.900. The van der Waals surface area contributed by atoms with E-state index in [4.69, 9.17) is 9.84 Å². The molecule has 0 aliphatic carbocycles. The van der Waals surface area contributed by atoms with Crippen molar-refractivity contribution >= 4 is 6.09 Å². The van der Waals surface area contributed by atoms with Crippen molar-refractivity contribution in [3.8, 4) is 0 Å². The predicted octanol–water partition coefficient (Wildman–Crippen LogP) is 1.53. The Bertz CT molecular complexity index is 163. The Balaban J connectivity index is 3.38. The van der Waals surface area contributed by atoms with E-state index < -0.39 is 0 Å². The minimum absolute atomic E-state index is 0.00242. The summed E-state index contributed by atoms with van der Waals surface area (Å²) >= 11 is 0. The van der Waals surface area contributed by atoms with E-state index in [9.17, 15) is 4.79 Å². The second-order valence-corrected chi connectivity index (χ2v) is 4.49. The zero-order valence-corrected chi connectivity index (χ0v) is 9.30. The first-order valence-corrected chi connectivity index (χ1v) is 4.97. The molecular weight excluding hydrogens is 182 g/mol. The molecule has 0 aromatic heterocycles. The smallest absolute Gasteiger partial charge is 0.407 e. The van der Waals surface area contributed by atoms with Crippen LogP contribution < -0.4 is 5.32 Å². The highest BCUT2D eigenvalue weighted by Crippen LogP contribution is 2.12. The highest BCUT2D eigenvalue weighted by molar-refractivity contribution is 5.67. The monoisotopic (exact) mass is 203 g/mol. The van der Waals surface area contributed by atoms with Gasteiger partial charge in [-0.2, -0.15) is 0 Å². The number of ether oxygens (including phenoxy) is 1. The maximum atomic E-state index is 11.1. The normalized spacial score (nSPS) is 11.1. The van der Waals surface area contributed by atoms with Crippen molar-refractivity contribution < 1.29 is 14.6 Å². The van der Waals surface area contributed by atoms with Crippen LogP contribution in [0.15, 0.2) is 0 Å². The minimum atomic E-state index is -0.377. The second kappa shape index (κ2) is 6.65. The Morgan fingerprint density at radius 2 is 2.00 bits per heavy atom. The number of alkyl carbamates (subject to hydrolysis) is 1. The molecule has 0 bridgehead atoms. The quantitative estimate of drug-likeness (QED) is 0.666. The highest BCUT2D eigenvalue weighted by Gasteiger charge is 2.12. The molecule has 0 atom stereocenters.